The molecule has 0 spiro atoms. The van der Waals surface area contributed by atoms with Gasteiger partial charge in [-0.25, -0.2) is 0 Å². The molecule has 0 saturated carbocycles. The van der Waals surface area contributed by atoms with Gasteiger partial charge in [-0.15, -0.1) is 10.2 Å². The fourth-order valence-corrected chi connectivity index (χ4v) is 2.12. The average molecular weight is 268 g/mol. The van der Waals surface area contributed by atoms with Gasteiger partial charge in [-0.05, 0) is 37.6 Å². The molecule has 0 bridgehead atoms. The summed E-state index contributed by atoms with van der Waals surface area (Å²) in [5.74, 6) is 0. The second-order valence-corrected chi connectivity index (χ2v) is 4.71. The Kier molecular flexibility index (Phi) is 2.71. The Balaban J connectivity index is 2.18. The van der Waals surface area contributed by atoms with Gasteiger partial charge in [-0.2, -0.15) is 4.80 Å². The molecule has 0 fully saturated rings. The van der Waals surface area contributed by atoms with Crippen molar-refractivity contribution in [3.63, 3.8) is 0 Å². The van der Waals surface area contributed by atoms with E-state index < -0.39 is 4.92 Å². The number of fused-ring (bicyclic) bond motifs is 1. The van der Waals surface area contributed by atoms with Crippen molar-refractivity contribution in [1.29, 1.82) is 0 Å². The van der Waals surface area contributed by atoms with Crippen LogP contribution in [0.2, 0.25) is 0 Å². The maximum Gasteiger partial charge on any atom is 0.274 e. The van der Waals surface area contributed by atoms with E-state index in [1.807, 2.05) is 31.2 Å². The lowest BCUT2D eigenvalue weighted by atomic mass is 10.2. The van der Waals surface area contributed by atoms with Gasteiger partial charge in [0.15, 0.2) is 0 Å². The highest BCUT2D eigenvalue weighted by Crippen LogP contribution is 2.23. The first-order chi connectivity index (χ1) is 9.54. The first kappa shape index (κ1) is 12.3. The van der Waals surface area contributed by atoms with Crippen LogP contribution in [0.5, 0.6) is 0 Å². The van der Waals surface area contributed by atoms with Crippen LogP contribution >= 0.6 is 0 Å². The molecule has 0 aliphatic rings. The zero-order chi connectivity index (χ0) is 14.3. The minimum Gasteiger partial charge on any atom is -0.258 e. The molecule has 6 nitrogen and oxygen atoms in total. The number of aryl methyl sites for hydroxylation is 2. The van der Waals surface area contributed by atoms with Crippen molar-refractivity contribution in [1.82, 2.24) is 15.0 Å². The first-order valence-electron chi connectivity index (χ1n) is 6.14. The normalized spacial score (nSPS) is 10.9. The second-order valence-electron chi connectivity index (χ2n) is 4.71. The molecule has 0 aliphatic carbocycles. The average Bonchev–Trinajstić information content (AvgIpc) is 2.80. The predicted octanol–water partition coefficient (Wildman–Crippen LogP) is 2.95. The van der Waals surface area contributed by atoms with Gasteiger partial charge in [0.05, 0.1) is 10.6 Å². The van der Waals surface area contributed by atoms with Gasteiger partial charge in [-0.3, -0.25) is 10.1 Å². The molecule has 0 aliphatic heterocycles. The number of hydrogen-bond acceptors (Lipinski definition) is 4. The molecule has 0 atom stereocenters. The van der Waals surface area contributed by atoms with Gasteiger partial charge < -0.3 is 0 Å². The van der Waals surface area contributed by atoms with Crippen molar-refractivity contribution in [3.8, 4) is 5.69 Å². The number of nitro benzene ring substituents is 1. The molecule has 0 N–H and O–H groups in total. The number of aromatic nitrogens is 3. The van der Waals surface area contributed by atoms with E-state index in [1.54, 1.807) is 13.0 Å². The van der Waals surface area contributed by atoms with Crippen molar-refractivity contribution >= 4 is 16.7 Å². The van der Waals surface area contributed by atoms with E-state index in [4.69, 9.17) is 0 Å². The van der Waals surface area contributed by atoms with Gasteiger partial charge in [0, 0.05) is 11.6 Å². The van der Waals surface area contributed by atoms with Crippen LogP contribution in [-0.2, 0) is 0 Å². The van der Waals surface area contributed by atoms with E-state index in [1.165, 1.54) is 10.9 Å². The summed E-state index contributed by atoms with van der Waals surface area (Å²) in [6.45, 7) is 3.69. The number of nitro groups is 1. The monoisotopic (exact) mass is 268 g/mol. The Morgan fingerprint density at radius 3 is 2.45 bits per heavy atom. The topological polar surface area (TPSA) is 73.8 Å². The van der Waals surface area contributed by atoms with E-state index in [0.29, 0.717) is 16.6 Å². The van der Waals surface area contributed by atoms with Crippen molar-refractivity contribution in [2.75, 3.05) is 0 Å². The third-order valence-electron chi connectivity index (χ3n) is 3.13. The van der Waals surface area contributed by atoms with Crippen LogP contribution in [0.4, 0.5) is 5.69 Å². The standard InChI is InChI=1S/C14H12N4O2/c1-9-4-3-5-11(6-9)17-15-12-7-10(2)14(18(19)20)8-13(12)16-17/h3-8H,1-2H3. The minimum atomic E-state index is -0.402. The number of hydrogen-bond donors (Lipinski definition) is 0. The lowest BCUT2D eigenvalue weighted by Gasteiger charge is -1.99. The van der Waals surface area contributed by atoms with Gasteiger partial charge in [0.25, 0.3) is 5.69 Å². The molecule has 100 valence electrons. The molecule has 0 unspecified atom stereocenters. The maximum absolute atomic E-state index is 10.9. The van der Waals surface area contributed by atoms with Crippen LogP contribution < -0.4 is 0 Å². The minimum absolute atomic E-state index is 0.0637. The largest absolute Gasteiger partial charge is 0.274 e. The fourth-order valence-electron chi connectivity index (χ4n) is 2.12. The highest BCUT2D eigenvalue weighted by Gasteiger charge is 2.15. The van der Waals surface area contributed by atoms with Crippen LogP contribution in [0.15, 0.2) is 36.4 Å². The summed E-state index contributed by atoms with van der Waals surface area (Å²) in [5.41, 5.74) is 3.75. The summed E-state index contributed by atoms with van der Waals surface area (Å²) < 4.78 is 0. The molecule has 20 heavy (non-hydrogen) atoms. The van der Waals surface area contributed by atoms with Crippen molar-refractivity contribution in [3.05, 3.63) is 57.6 Å². The van der Waals surface area contributed by atoms with E-state index in [0.717, 1.165) is 11.3 Å². The second kappa shape index (κ2) is 4.41. The summed E-state index contributed by atoms with van der Waals surface area (Å²) in [6, 6.07) is 10.9. The molecule has 6 heteroatoms. The lowest BCUT2D eigenvalue weighted by Crippen LogP contribution is -1.98. The molecular weight excluding hydrogens is 256 g/mol. The van der Waals surface area contributed by atoms with E-state index in [-0.39, 0.29) is 5.69 Å². The van der Waals surface area contributed by atoms with Crippen LogP contribution in [-0.4, -0.2) is 19.9 Å². The quantitative estimate of drug-likeness (QED) is 0.529. The van der Waals surface area contributed by atoms with Crippen LogP contribution in [0.1, 0.15) is 11.1 Å². The van der Waals surface area contributed by atoms with Crippen molar-refractivity contribution in [2.45, 2.75) is 13.8 Å². The molecule has 0 radical (unpaired) electrons. The Morgan fingerprint density at radius 2 is 1.80 bits per heavy atom. The molecule has 0 saturated heterocycles. The molecule has 3 aromatic rings. The van der Waals surface area contributed by atoms with Gasteiger partial charge in [-0.1, -0.05) is 12.1 Å². The summed E-state index contributed by atoms with van der Waals surface area (Å²) in [6.07, 6.45) is 0. The maximum atomic E-state index is 10.9. The van der Waals surface area contributed by atoms with E-state index in [9.17, 15) is 10.1 Å². The number of rotatable bonds is 2. The van der Waals surface area contributed by atoms with Crippen LogP contribution in [0.25, 0.3) is 16.7 Å². The van der Waals surface area contributed by atoms with Crippen molar-refractivity contribution < 1.29 is 4.92 Å². The molecular formula is C14H12N4O2. The predicted molar refractivity (Wildman–Crippen MR) is 75.0 cm³/mol. The van der Waals surface area contributed by atoms with Gasteiger partial charge >= 0.3 is 0 Å². The molecule has 1 heterocycles. The summed E-state index contributed by atoms with van der Waals surface area (Å²) in [4.78, 5) is 12.0. The van der Waals surface area contributed by atoms with Gasteiger partial charge in [0.2, 0.25) is 0 Å². The fraction of sp³-hybridized carbons (Fsp3) is 0.143. The Bertz CT molecular complexity index is 823. The first-order valence-corrected chi connectivity index (χ1v) is 6.14. The third kappa shape index (κ3) is 2.01. The summed E-state index contributed by atoms with van der Waals surface area (Å²) in [5, 5.41) is 19.6. The Morgan fingerprint density at radius 1 is 1.10 bits per heavy atom. The highest BCUT2D eigenvalue weighted by atomic mass is 16.6. The number of nitrogens with zero attached hydrogens (tertiary/aromatic N) is 4. The smallest absolute Gasteiger partial charge is 0.258 e. The Labute approximate surface area is 114 Å². The summed E-state index contributed by atoms with van der Waals surface area (Å²) in [7, 11) is 0. The third-order valence-corrected chi connectivity index (χ3v) is 3.13. The van der Waals surface area contributed by atoms with Gasteiger partial charge in [0.1, 0.15) is 11.0 Å². The zero-order valence-corrected chi connectivity index (χ0v) is 11.1. The Hall–Kier alpha value is -2.76. The SMILES string of the molecule is Cc1cccc(-n2nc3cc(C)c([N+](=O)[O-])cc3n2)c1. The number of benzene rings is 2. The molecule has 3 rings (SSSR count). The lowest BCUT2D eigenvalue weighted by molar-refractivity contribution is -0.385. The van der Waals surface area contributed by atoms with Crippen LogP contribution in [0, 0.1) is 24.0 Å². The van der Waals surface area contributed by atoms with Crippen LogP contribution in [0.3, 0.4) is 0 Å². The van der Waals surface area contributed by atoms with Crippen molar-refractivity contribution in [2.24, 2.45) is 0 Å². The van der Waals surface area contributed by atoms with E-state index >= 15 is 0 Å². The zero-order valence-electron chi connectivity index (χ0n) is 11.1. The summed E-state index contributed by atoms with van der Waals surface area (Å²) >= 11 is 0. The molecule has 2 aromatic carbocycles. The molecule has 1 aromatic heterocycles. The highest BCUT2D eigenvalue weighted by molar-refractivity contribution is 5.78. The van der Waals surface area contributed by atoms with E-state index in [2.05, 4.69) is 10.2 Å². The molecule has 0 amide bonds.